The van der Waals surface area contributed by atoms with Gasteiger partial charge < -0.3 is 10.4 Å². The van der Waals surface area contributed by atoms with Crippen LogP contribution in [0.25, 0.3) is 0 Å². The molecule has 110 valence electrons. The van der Waals surface area contributed by atoms with Crippen LogP contribution < -0.4 is 5.32 Å². The highest BCUT2D eigenvalue weighted by Gasteiger charge is 2.21. The van der Waals surface area contributed by atoms with Crippen molar-refractivity contribution in [1.29, 1.82) is 0 Å². The summed E-state index contributed by atoms with van der Waals surface area (Å²) in [4.78, 5) is 12.0. The highest BCUT2D eigenvalue weighted by molar-refractivity contribution is 5.93. The van der Waals surface area contributed by atoms with Crippen molar-refractivity contribution in [1.82, 2.24) is 10.2 Å². The van der Waals surface area contributed by atoms with Crippen LogP contribution in [0.1, 0.15) is 49.0 Å². The molecule has 0 bridgehead atoms. The smallest absolute Gasteiger partial charge is 0.259 e. The number of hydrogen-bond acceptors (Lipinski definition) is 3. The Morgan fingerprint density at radius 1 is 1.29 bits per heavy atom. The number of carbonyl (C=O) groups excluding carboxylic acids is 1. The zero-order valence-corrected chi connectivity index (χ0v) is 11.7. The van der Waals surface area contributed by atoms with Crippen molar-refractivity contribution >= 4 is 11.7 Å². The van der Waals surface area contributed by atoms with E-state index in [1.165, 1.54) is 25.7 Å². The zero-order chi connectivity index (χ0) is 14.7. The molecular weight excluding hydrogens is 266 g/mol. The SMILES string of the molecule is O=C(Nc1cc(C2CCCC2)[nH]n1)C(O)c1ccccc1. The Hall–Kier alpha value is -2.14. The number of aliphatic hydroxyl groups is 1. The number of hydrogen-bond donors (Lipinski definition) is 3. The summed E-state index contributed by atoms with van der Waals surface area (Å²) in [5.41, 5.74) is 1.64. The molecule has 1 amide bonds. The first-order valence-electron chi connectivity index (χ1n) is 7.33. The first-order chi connectivity index (χ1) is 10.2. The molecule has 1 aromatic heterocycles. The number of anilines is 1. The summed E-state index contributed by atoms with van der Waals surface area (Å²) in [6.07, 6.45) is 3.65. The summed E-state index contributed by atoms with van der Waals surface area (Å²) in [5.74, 6) is 0.518. The average Bonchev–Trinajstić information content (AvgIpc) is 3.18. The minimum atomic E-state index is -1.18. The van der Waals surface area contributed by atoms with E-state index in [2.05, 4.69) is 15.5 Å². The van der Waals surface area contributed by atoms with E-state index in [4.69, 9.17) is 0 Å². The van der Waals surface area contributed by atoms with Crippen LogP contribution in [0, 0.1) is 0 Å². The highest BCUT2D eigenvalue weighted by Crippen LogP contribution is 2.33. The minimum Gasteiger partial charge on any atom is -0.378 e. The predicted molar refractivity (Wildman–Crippen MR) is 79.8 cm³/mol. The van der Waals surface area contributed by atoms with E-state index in [1.807, 2.05) is 12.1 Å². The Balaban J connectivity index is 1.64. The van der Waals surface area contributed by atoms with Gasteiger partial charge in [-0.2, -0.15) is 5.10 Å². The number of H-pyrrole nitrogens is 1. The van der Waals surface area contributed by atoms with Gasteiger partial charge in [0.1, 0.15) is 0 Å². The molecule has 1 aliphatic rings. The Bertz CT molecular complexity index is 603. The monoisotopic (exact) mass is 285 g/mol. The molecule has 5 nitrogen and oxygen atoms in total. The molecule has 21 heavy (non-hydrogen) atoms. The molecule has 0 saturated heterocycles. The molecule has 0 radical (unpaired) electrons. The van der Waals surface area contributed by atoms with Crippen molar-refractivity contribution in [3.8, 4) is 0 Å². The van der Waals surface area contributed by atoms with E-state index in [1.54, 1.807) is 24.3 Å². The first-order valence-corrected chi connectivity index (χ1v) is 7.33. The third-order valence-corrected chi connectivity index (χ3v) is 4.01. The largest absolute Gasteiger partial charge is 0.378 e. The van der Waals surface area contributed by atoms with E-state index in [0.29, 0.717) is 17.3 Å². The van der Waals surface area contributed by atoms with Gasteiger partial charge in [0.15, 0.2) is 11.9 Å². The number of aromatic nitrogens is 2. The van der Waals surface area contributed by atoms with E-state index >= 15 is 0 Å². The van der Waals surface area contributed by atoms with Crippen LogP contribution in [-0.4, -0.2) is 21.2 Å². The maximum Gasteiger partial charge on any atom is 0.259 e. The lowest BCUT2D eigenvalue weighted by Gasteiger charge is -2.09. The Morgan fingerprint density at radius 3 is 2.71 bits per heavy atom. The number of carbonyl (C=O) groups is 1. The summed E-state index contributed by atoms with van der Waals surface area (Å²) >= 11 is 0. The average molecular weight is 285 g/mol. The zero-order valence-electron chi connectivity index (χ0n) is 11.7. The molecule has 1 unspecified atom stereocenters. The third-order valence-electron chi connectivity index (χ3n) is 4.01. The summed E-state index contributed by atoms with van der Waals surface area (Å²) in [7, 11) is 0. The second-order valence-electron chi connectivity index (χ2n) is 5.49. The van der Waals surface area contributed by atoms with Crippen molar-refractivity contribution in [3.05, 3.63) is 47.7 Å². The topological polar surface area (TPSA) is 78.0 Å². The molecule has 1 fully saturated rings. The van der Waals surface area contributed by atoms with Gasteiger partial charge in [0.2, 0.25) is 0 Å². The maximum absolute atomic E-state index is 12.0. The predicted octanol–water partition coefficient (Wildman–Crippen LogP) is 2.74. The van der Waals surface area contributed by atoms with Gasteiger partial charge in [-0.3, -0.25) is 9.89 Å². The number of aliphatic hydroxyl groups excluding tert-OH is 1. The summed E-state index contributed by atoms with van der Waals surface area (Å²) in [6.45, 7) is 0. The number of nitrogens with one attached hydrogen (secondary N) is 2. The molecule has 1 saturated carbocycles. The number of nitrogens with zero attached hydrogens (tertiary/aromatic N) is 1. The fraction of sp³-hybridized carbons (Fsp3) is 0.375. The number of amides is 1. The van der Waals surface area contributed by atoms with Crippen molar-refractivity contribution in [3.63, 3.8) is 0 Å². The molecule has 0 aliphatic heterocycles. The Labute approximate surface area is 123 Å². The minimum absolute atomic E-state index is 0.467. The molecular formula is C16H19N3O2. The Kier molecular flexibility index (Phi) is 4.01. The summed E-state index contributed by atoms with van der Waals surface area (Å²) in [6, 6.07) is 10.7. The van der Waals surface area contributed by atoms with Crippen LogP contribution >= 0.6 is 0 Å². The van der Waals surface area contributed by atoms with Gasteiger partial charge in [-0.1, -0.05) is 43.2 Å². The molecule has 2 aromatic rings. The molecule has 5 heteroatoms. The van der Waals surface area contributed by atoms with Crippen molar-refractivity contribution < 1.29 is 9.90 Å². The molecule has 3 N–H and O–H groups in total. The quantitative estimate of drug-likeness (QED) is 0.808. The fourth-order valence-electron chi connectivity index (χ4n) is 2.83. The van der Waals surface area contributed by atoms with Gasteiger partial charge in [0.05, 0.1) is 0 Å². The van der Waals surface area contributed by atoms with Gasteiger partial charge in [0, 0.05) is 17.7 Å². The summed E-state index contributed by atoms with van der Waals surface area (Å²) < 4.78 is 0. The lowest BCUT2D eigenvalue weighted by atomic mass is 10.0. The van der Waals surface area contributed by atoms with Gasteiger partial charge in [-0.25, -0.2) is 0 Å². The van der Waals surface area contributed by atoms with Gasteiger partial charge in [0.25, 0.3) is 5.91 Å². The standard InChI is InChI=1S/C16H19N3O2/c20-15(12-8-2-1-3-9-12)16(21)17-14-10-13(18-19-14)11-6-4-5-7-11/h1-3,8-11,15,20H,4-7H2,(H2,17,18,19,21). The Morgan fingerprint density at radius 2 is 2.00 bits per heavy atom. The fourth-order valence-corrected chi connectivity index (χ4v) is 2.83. The second kappa shape index (κ2) is 6.10. The maximum atomic E-state index is 12.0. The van der Waals surface area contributed by atoms with Crippen LogP contribution in [0.2, 0.25) is 0 Å². The van der Waals surface area contributed by atoms with Gasteiger partial charge >= 0.3 is 0 Å². The molecule has 1 aromatic carbocycles. The molecule has 1 heterocycles. The van der Waals surface area contributed by atoms with Crippen molar-refractivity contribution in [2.75, 3.05) is 5.32 Å². The van der Waals surface area contributed by atoms with Crippen LogP contribution in [0.15, 0.2) is 36.4 Å². The van der Waals surface area contributed by atoms with Crippen LogP contribution in [0.3, 0.4) is 0 Å². The highest BCUT2D eigenvalue weighted by atomic mass is 16.3. The van der Waals surface area contributed by atoms with Crippen LogP contribution in [0.4, 0.5) is 5.82 Å². The number of rotatable bonds is 4. The van der Waals surface area contributed by atoms with Crippen molar-refractivity contribution in [2.45, 2.75) is 37.7 Å². The lowest BCUT2D eigenvalue weighted by Crippen LogP contribution is -2.20. The van der Waals surface area contributed by atoms with E-state index in [-0.39, 0.29) is 0 Å². The van der Waals surface area contributed by atoms with Gasteiger partial charge in [-0.15, -0.1) is 0 Å². The lowest BCUT2D eigenvalue weighted by molar-refractivity contribution is -0.124. The van der Waals surface area contributed by atoms with E-state index < -0.39 is 12.0 Å². The third kappa shape index (κ3) is 3.13. The number of aromatic amines is 1. The molecule has 0 spiro atoms. The van der Waals surface area contributed by atoms with Crippen LogP contribution in [-0.2, 0) is 4.79 Å². The normalized spacial score (nSPS) is 16.8. The molecule has 1 atom stereocenters. The van der Waals surface area contributed by atoms with E-state index in [9.17, 15) is 9.90 Å². The molecule has 3 rings (SSSR count). The van der Waals surface area contributed by atoms with Gasteiger partial charge in [-0.05, 0) is 18.4 Å². The molecule has 1 aliphatic carbocycles. The summed E-state index contributed by atoms with van der Waals surface area (Å²) in [5, 5.41) is 19.8. The first kappa shape index (κ1) is 13.8. The van der Waals surface area contributed by atoms with Crippen molar-refractivity contribution in [2.24, 2.45) is 0 Å². The number of benzene rings is 1. The second-order valence-corrected chi connectivity index (χ2v) is 5.49. The van der Waals surface area contributed by atoms with Crippen LogP contribution in [0.5, 0.6) is 0 Å². The van der Waals surface area contributed by atoms with E-state index in [0.717, 1.165) is 5.69 Å².